The van der Waals surface area contributed by atoms with Crippen molar-refractivity contribution < 1.29 is 9.18 Å². The van der Waals surface area contributed by atoms with Crippen molar-refractivity contribution in [1.29, 1.82) is 0 Å². The topological polar surface area (TPSA) is 43.1 Å². The number of benzene rings is 1. The molecule has 1 unspecified atom stereocenters. The number of ketones is 1. The first kappa shape index (κ1) is 14.1. The van der Waals surface area contributed by atoms with Crippen molar-refractivity contribution in [3.63, 3.8) is 0 Å². The first-order valence-electron chi connectivity index (χ1n) is 5.76. The van der Waals surface area contributed by atoms with Gasteiger partial charge in [-0.15, -0.1) is 0 Å². The number of rotatable bonds is 6. The summed E-state index contributed by atoms with van der Waals surface area (Å²) in [6, 6.07) is 3.94. The van der Waals surface area contributed by atoms with E-state index in [2.05, 4.69) is 0 Å². The summed E-state index contributed by atoms with van der Waals surface area (Å²) in [5.74, 6) is -0.556. The molecule has 0 bridgehead atoms. The fraction of sp³-hybridized carbons (Fsp3) is 0.462. The van der Waals surface area contributed by atoms with E-state index in [-0.39, 0.29) is 17.2 Å². The summed E-state index contributed by atoms with van der Waals surface area (Å²) in [6.45, 7) is 2.05. The average molecular weight is 258 g/mol. The minimum absolute atomic E-state index is 0.0554. The molecule has 0 aliphatic heterocycles. The zero-order valence-electron chi connectivity index (χ0n) is 9.88. The van der Waals surface area contributed by atoms with Gasteiger partial charge in [-0.2, -0.15) is 0 Å². The molecule has 0 fully saturated rings. The third-order valence-electron chi connectivity index (χ3n) is 2.64. The predicted octanol–water partition coefficient (Wildman–Crippen LogP) is 3.11. The standard InChI is InChI=1S/C13H17ClFNO/c1-2-3-4-12(16)13(17)8-9-5-6-10(14)11(15)7-9/h5-7,12H,2-4,8,16H2,1H3. The molecule has 0 heterocycles. The molecular formula is C13H17ClFNO. The van der Waals surface area contributed by atoms with E-state index in [1.165, 1.54) is 12.1 Å². The van der Waals surface area contributed by atoms with Gasteiger partial charge in [-0.3, -0.25) is 4.79 Å². The Labute approximate surface area is 106 Å². The second kappa shape index (κ2) is 6.72. The van der Waals surface area contributed by atoms with E-state index >= 15 is 0 Å². The molecule has 0 saturated heterocycles. The molecule has 17 heavy (non-hydrogen) atoms. The zero-order valence-corrected chi connectivity index (χ0v) is 10.6. The minimum atomic E-state index is -0.501. The number of carbonyl (C=O) groups excluding carboxylic acids is 1. The number of halogens is 2. The summed E-state index contributed by atoms with van der Waals surface area (Å²) in [6.07, 6.45) is 2.79. The highest BCUT2D eigenvalue weighted by molar-refractivity contribution is 6.30. The maximum atomic E-state index is 13.2. The zero-order chi connectivity index (χ0) is 12.8. The Hall–Kier alpha value is -0.930. The van der Waals surface area contributed by atoms with Gasteiger partial charge in [0, 0.05) is 6.42 Å². The fourth-order valence-corrected chi connectivity index (χ4v) is 1.68. The third kappa shape index (κ3) is 4.44. The number of unbranched alkanes of at least 4 members (excludes halogenated alkanes) is 1. The second-order valence-corrected chi connectivity index (χ2v) is 4.55. The Morgan fingerprint density at radius 3 is 2.82 bits per heavy atom. The van der Waals surface area contributed by atoms with Gasteiger partial charge in [0.15, 0.2) is 5.78 Å². The molecule has 4 heteroatoms. The van der Waals surface area contributed by atoms with Crippen molar-refractivity contribution in [2.45, 2.75) is 38.6 Å². The van der Waals surface area contributed by atoms with E-state index in [9.17, 15) is 9.18 Å². The van der Waals surface area contributed by atoms with Gasteiger partial charge in [-0.05, 0) is 24.1 Å². The van der Waals surface area contributed by atoms with Crippen LogP contribution in [-0.2, 0) is 11.2 Å². The molecule has 0 aliphatic rings. The van der Waals surface area contributed by atoms with Crippen molar-refractivity contribution in [2.24, 2.45) is 5.73 Å². The first-order chi connectivity index (χ1) is 8.04. The summed E-state index contributed by atoms with van der Waals surface area (Å²) < 4.78 is 13.2. The van der Waals surface area contributed by atoms with Gasteiger partial charge >= 0.3 is 0 Å². The van der Waals surface area contributed by atoms with Crippen LogP contribution < -0.4 is 5.73 Å². The van der Waals surface area contributed by atoms with Crippen LogP contribution in [0.5, 0.6) is 0 Å². The van der Waals surface area contributed by atoms with Crippen LogP contribution in [0, 0.1) is 5.82 Å². The molecule has 1 aromatic carbocycles. The first-order valence-corrected chi connectivity index (χ1v) is 6.14. The largest absolute Gasteiger partial charge is 0.321 e. The molecule has 0 amide bonds. The summed E-state index contributed by atoms with van der Waals surface area (Å²) in [5, 5.41) is 0.0662. The molecule has 2 nitrogen and oxygen atoms in total. The van der Waals surface area contributed by atoms with Crippen LogP contribution >= 0.6 is 11.6 Å². The van der Waals surface area contributed by atoms with Crippen molar-refractivity contribution in [1.82, 2.24) is 0 Å². The Bertz CT molecular complexity index is 395. The molecule has 94 valence electrons. The SMILES string of the molecule is CCCCC(N)C(=O)Cc1ccc(Cl)c(F)c1. The number of nitrogens with two attached hydrogens (primary N) is 1. The van der Waals surface area contributed by atoms with Crippen molar-refractivity contribution >= 4 is 17.4 Å². The van der Waals surface area contributed by atoms with E-state index < -0.39 is 11.9 Å². The highest BCUT2D eigenvalue weighted by atomic mass is 35.5. The maximum Gasteiger partial charge on any atom is 0.153 e. The number of Topliss-reactive ketones (excluding diaryl/α,β-unsaturated/α-hetero) is 1. The summed E-state index contributed by atoms with van der Waals surface area (Å²) in [7, 11) is 0. The van der Waals surface area contributed by atoms with Crippen LogP contribution in [0.1, 0.15) is 31.7 Å². The van der Waals surface area contributed by atoms with Gasteiger partial charge in [0.05, 0.1) is 11.1 Å². The molecular weight excluding hydrogens is 241 g/mol. The smallest absolute Gasteiger partial charge is 0.153 e. The van der Waals surface area contributed by atoms with Gasteiger partial charge in [0.2, 0.25) is 0 Å². The van der Waals surface area contributed by atoms with Gasteiger partial charge in [-0.25, -0.2) is 4.39 Å². The van der Waals surface area contributed by atoms with E-state index in [0.717, 1.165) is 12.8 Å². The molecule has 1 atom stereocenters. The highest BCUT2D eigenvalue weighted by Gasteiger charge is 2.14. The number of carbonyl (C=O) groups is 1. The Balaban J connectivity index is 2.58. The molecule has 2 N–H and O–H groups in total. The summed E-state index contributed by atoms with van der Waals surface area (Å²) in [5.41, 5.74) is 6.36. The average Bonchev–Trinajstić information content (AvgIpc) is 2.30. The van der Waals surface area contributed by atoms with Crippen molar-refractivity contribution in [3.05, 3.63) is 34.6 Å². The molecule has 0 saturated carbocycles. The van der Waals surface area contributed by atoms with Gasteiger partial charge < -0.3 is 5.73 Å². The molecule has 0 spiro atoms. The van der Waals surface area contributed by atoms with Crippen LogP contribution in [0.4, 0.5) is 4.39 Å². The van der Waals surface area contributed by atoms with Crippen molar-refractivity contribution in [2.75, 3.05) is 0 Å². The van der Waals surface area contributed by atoms with Gasteiger partial charge in [0.1, 0.15) is 5.82 Å². The fourth-order valence-electron chi connectivity index (χ4n) is 1.57. The lowest BCUT2D eigenvalue weighted by molar-refractivity contribution is -0.119. The van der Waals surface area contributed by atoms with Crippen LogP contribution in [-0.4, -0.2) is 11.8 Å². The van der Waals surface area contributed by atoms with E-state index in [0.29, 0.717) is 12.0 Å². The lowest BCUT2D eigenvalue weighted by atomic mass is 10.0. The van der Waals surface area contributed by atoms with Gasteiger partial charge in [-0.1, -0.05) is 37.4 Å². The second-order valence-electron chi connectivity index (χ2n) is 4.14. The predicted molar refractivity (Wildman–Crippen MR) is 67.6 cm³/mol. The lowest BCUT2D eigenvalue weighted by Gasteiger charge is -2.10. The Kier molecular flexibility index (Phi) is 5.59. The van der Waals surface area contributed by atoms with Crippen LogP contribution in [0.3, 0.4) is 0 Å². The van der Waals surface area contributed by atoms with E-state index in [4.69, 9.17) is 17.3 Å². The summed E-state index contributed by atoms with van der Waals surface area (Å²) >= 11 is 5.56. The normalized spacial score (nSPS) is 12.5. The van der Waals surface area contributed by atoms with Crippen LogP contribution in [0.15, 0.2) is 18.2 Å². The molecule has 1 aromatic rings. The Morgan fingerprint density at radius 1 is 1.53 bits per heavy atom. The van der Waals surface area contributed by atoms with Gasteiger partial charge in [0.25, 0.3) is 0 Å². The molecule has 0 radical (unpaired) electrons. The summed E-state index contributed by atoms with van der Waals surface area (Å²) in [4.78, 5) is 11.7. The van der Waals surface area contributed by atoms with E-state index in [1.807, 2.05) is 6.92 Å². The number of hydrogen-bond donors (Lipinski definition) is 1. The minimum Gasteiger partial charge on any atom is -0.321 e. The molecule has 0 aromatic heterocycles. The quantitative estimate of drug-likeness (QED) is 0.851. The highest BCUT2D eigenvalue weighted by Crippen LogP contribution is 2.16. The lowest BCUT2D eigenvalue weighted by Crippen LogP contribution is -2.31. The van der Waals surface area contributed by atoms with Crippen molar-refractivity contribution in [3.8, 4) is 0 Å². The Morgan fingerprint density at radius 2 is 2.24 bits per heavy atom. The van der Waals surface area contributed by atoms with Crippen LogP contribution in [0.25, 0.3) is 0 Å². The third-order valence-corrected chi connectivity index (χ3v) is 2.95. The number of hydrogen-bond acceptors (Lipinski definition) is 2. The molecule has 0 aliphatic carbocycles. The maximum absolute atomic E-state index is 13.2. The van der Waals surface area contributed by atoms with E-state index in [1.54, 1.807) is 6.07 Å². The van der Waals surface area contributed by atoms with Crippen LogP contribution in [0.2, 0.25) is 5.02 Å². The monoisotopic (exact) mass is 257 g/mol. The molecule has 1 rings (SSSR count).